The van der Waals surface area contributed by atoms with Gasteiger partial charge < -0.3 is 10.2 Å². The average Bonchev–Trinajstić information content (AvgIpc) is 3.20. The van der Waals surface area contributed by atoms with Crippen LogP contribution in [0.5, 0.6) is 0 Å². The zero-order valence-electron chi connectivity index (χ0n) is 13.7. The summed E-state index contributed by atoms with van der Waals surface area (Å²) in [7, 11) is 0. The van der Waals surface area contributed by atoms with Crippen molar-refractivity contribution in [3.63, 3.8) is 0 Å². The molecular formula is C19H27ClN2O. The molecule has 1 aliphatic heterocycles. The lowest BCUT2D eigenvalue weighted by Crippen LogP contribution is -2.40. The molecule has 3 aliphatic rings. The fourth-order valence-electron chi connectivity index (χ4n) is 4.23. The van der Waals surface area contributed by atoms with Crippen molar-refractivity contribution in [3.05, 3.63) is 30.3 Å². The first-order valence-corrected chi connectivity index (χ1v) is 8.86. The van der Waals surface area contributed by atoms with E-state index in [2.05, 4.69) is 22.3 Å². The quantitative estimate of drug-likeness (QED) is 0.912. The van der Waals surface area contributed by atoms with Crippen molar-refractivity contribution in [2.75, 3.05) is 24.5 Å². The number of piperidine rings is 1. The van der Waals surface area contributed by atoms with E-state index >= 15 is 0 Å². The monoisotopic (exact) mass is 334 g/mol. The molecule has 23 heavy (non-hydrogen) atoms. The number of para-hydroxylation sites is 1. The highest BCUT2D eigenvalue weighted by Gasteiger charge is 2.58. The van der Waals surface area contributed by atoms with Crippen LogP contribution in [0.4, 0.5) is 5.69 Å². The van der Waals surface area contributed by atoms with Crippen LogP contribution >= 0.6 is 12.4 Å². The maximum absolute atomic E-state index is 13.2. The molecule has 1 spiro atoms. The molecule has 0 bridgehead atoms. The van der Waals surface area contributed by atoms with E-state index in [0.29, 0.717) is 17.2 Å². The summed E-state index contributed by atoms with van der Waals surface area (Å²) in [4.78, 5) is 15.3. The standard InChI is InChI=1S/C19H26N2O.ClH/c22-18(17-13-19(17)9-11-20-12-10-19)21(14-15-5-4-6-15)16-7-2-1-3-8-16;/h1-3,7-8,15,17,20H,4-6,9-14H2;1H. The van der Waals surface area contributed by atoms with Crippen LogP contribution < -0.4 is 10.2 Å². The number of nitrogens with zero attached hydrogens (tertiary/aromatic N) is 1. The van der Waals surface area contributed by atoms with Gasteiger partial charge >= 0.3 is 0 Å². The molecular weight excluding hydrogens is 308 g/mol. The van der Waals surface area contributed by atoms with Gasteiger partial charge in [0.05, 0.1) is 0 Å². The largest absolute Gasteiger partial charge is 0.317 e. The minimum atomic E-state index is 0. The summed E-state index contributed by atoms with van der Waals surface area (Å²) in [6.45, 7) is 3.09. The Hall–Kier alpha value is -1.06. The minimum absolute atomic E-state index is 0. The number of carbonyl (C=O) groups is 1. The first kappa shape index (κ1) is 16.8. The number of benzene rings is 1. The van der Waals surface area contributed by atoms with Gasteiger partial charge in [-0.3, -0.25) is 4.79 Å². The van der Waals surface area contributed by atoms with Crippen molar-refractivity contribution in [1.82, 2.24) is 5.32 Å². The van der Waals surface area contributed by atoms with E-state index in [0.717, 1.165) is 31.7 Å². The molecule has 4 rings (SSSR count). The molecule has 1 aromatic carbocycles. The van der Waals surface area contributed by atoms with E-state index in [1.165, 1.54) is 32.1 Å². The highest BCUT2D eigenvalue weighted by atomic mass is 35.5. The molecule has 1 N–H and O–H groups in total. The Morgan fingerprint density at radius 3 is 2.48 bits per heavy atom. The lowest BCUT2D eigenvalue weighted by atomic mass is 9.84. The molecule has 2 aliphatic carbocycles. The molecule has 1 heterocycles. The Bertz CT molecular complexity index is 538. The number of anilines is 1. The van der Waals surface area contributed by atoms with Crippen LogP contribution in [0.15, 0.2) is 30.3 Å². The molecule has 3 nitrogen and oxygen atoms in total. The van der Waals surface area contributed by atoms with E-state index in [1.807, 2.05) is 18.2 Å². The van der Waals surface area contributed by atoms with Gasteiger partial charge in [0, 0.05) is 18.2 Å². The Morgan fingerprint density at radius 2 is 1.87 bits per heavy atom. The SMILES string of the molecule is Cl.O=C(C1CC12CCNCC2)N(CC1CCC1)c1ccccc1. The van der Waals surface area contributed by atoms with Crippen molar-refractivity contribution >= 4 is 24.0 Å². The number of halogens is 1. The Labute approximate surface area is 145 Å². The summed E-state index contributed by atoms with van der Waals surface area (Å²) in [6.07, 6.45) is 7.37. The van der Waals surface area contributed by atoms with Gasteiger partial charge in [0.2, 0.25) is 5.91 Å². The third-order valence-corrected chi connectivity index (χ3v) is 6.09. The van der Waals surface area contributed by atoms with Crippen molar-refractivity contribution in [1.29, 1.82) is 0 Å². The zero-order valence-corrected chi connectivity index (χ0v) is 14.5. The molecule has 4 heteroatoms. The Morgan fingerprint density at radius 1 is 1.17 bits per heavy atom. The van der Waals surface area contributed by atoms with Crippen molar-refractivity contribution in [3.8, 4) is 0 Å². The summed E-state index contributed by atoms with van der Waals surface area (Å²) in [5, 5.41) is 3.43. The summed E-state index contributed by atoms with van der Waals surface area (Å²) >= 11 is 0. The highest BCUT2D eigenvalue weighted by molar-refractivity contribution is 5.97. The molecule has 1 amide bonds. The maximum atomic E-state index is 13.2. The Balaban J connectivity index is 0.00000156. The van der Waals surface area contributed by atoms with Gasteiger partial charge in [-0.2, -0.15) is 0 Å². The van der Waals surface area contributed by atoms with Crippen LogP contribution in [0.25, 0.3) is 0 Å². The predicted octanol–water partition coefficient (Wildman–Crippen LogP) is 3.63. The zero-order chi connectivity index (χ0) is 15.0. The third-order valence-electron chi connectivity index (χ3n) is 6.09. The molecule has 1 aromatic rings. The second kappa shape index (κ2) is 6.82. The number of carbonyl (C=O) groups excluding carboxylic acids is 1. The second-order valence-corrected chi connectivity index (χ2v) is 7.45. The molecule has 1 unspecified atom stereocenters. The van der Waals surface area contributed by atoms with E-state index < -0.39 is 0 Å². The topological polar surface area (TPSA) is 32.3 Å². The summed E-state index contributed by atoms with van der Waals surface area (Å²) in [5.41, 5.74) is 1.42. The lowest BCUT2D eigenvalue weighted by molar-refractivity contribution is -0.121. The van der Waals surface area contributed by atoms with Crippen molar-refractivity contribution in [2.45, 2.75) is 38.5 Å². The van der Waals surface area contributed by atoms with Crippen molar-refractivity contribution in [2.24, 2.45) is 17.3 Å². The molecule has 126 valence electrons. The minimum Gasteiger partial charge on any atom is -0.317 e. The normalized spacial score (nSPS) is 25.3. The third kappa shape index (κ3) is 3.27. The molecule has 0 aromatic heterocycles. The van der Waals surface area contributed by atoms with Gasteiger partial charge in [0.25, 0.3) is 0 Å². The van der Waals surface area contributed by atoms with E-state index in [-0.39, 0.29) is 18.3 Å². The van der Waals surface area contributed by atoms with Gasteiger partial charge in [-0.25, -0.2) is 0 Å². The molecule has 0 radical (unpaired) electrons. The van der Waals surface area contributed by atoms with E-state index in [1.54, 1.807) is 0 Å². The van der Waals surface area contributed by atoms with E-state index in [9.17, 15) is 4.79 Å². The molecule has 2 saturated carbocycles. The average molecular weight is 335 g/mol. The van der Waals surface area contributed by atoms with Crippen LogP contribution in [-0.4, -0.2) is 25.5 Å². The van der Waals surface area contributed by atoms with Gasteiger partial charge in [-0.1, -0.05) is 24.6 Å². The van der Waals surface area contributed by atoms with Crippen molar-refractivity contribution < 1.29 is 4.79 Å². The number of hydrogen-bond acceptors (Lipinski definition) is 2. The number of nitrogens with one attached hydrogen (secondary N) is 1. The number of hydrogen-bond donors (Lipinski definition) is 1. The lowest BCUT2D eigenvalue weighted by Gasteiger charge is -2.33. The summed E-state index contributed by atoms with van der Waals surface area (Å²) in [6, 6.07) is 10.3. The molecule has 3 fully saturated rings. The first-order valence-electron chi connectivity index (χ1n) is 8.86. The molecule has 1 atom stereocenters. The highest BCUT2D eigenvalue weighted by Crippen LogP contribution is 2.59. The van der Waals surface area contributed by atoms with E-state index in [4.69, 9.17) is 0 Å². The number of amides is 1. The van der Waals surface area contributed by atoms with Crippen LogP contribution in [0.1, 0.15) is 38.5 Å². The Kier molecular flexibility index (Phi) is 4.98. The fourth-order valence-corrected chi connectivity index (χ4v) is 4.23. The maximum Gasteiger partial charge on any atom is 0.230 e. The van der Waals surface area contributed by atoms with Crippen LogP contribution in [0.2, 0.25) is 0 Å². The van der Waals surface area contributed by atoms with Gasteiger partial charge in [-0.05, 0) is 68.7 Å². The predicted molar refractivity (Wildman–Crippen MR) is 96.0 cm³/mol. The first-order chi connectivity index (χ1) is 10.8. The van der Waals surface area contributed by atoms with Gasteiger partial charge in [-0.15, -0.1) is 12.4 Å². The second-order valence-electron chi connectivity index (χ2n) is 7.45. The fraction of sp³-hybridized carbons (Fsp3) is 0.632. The summed E-state index contributed by atoms with van der Waals surface area (Å²) < 4.78 is 0. The van der Waals surface area contributed by atoms with Crippen LogP contribution in [0.3, 0.4) is 0 Å². The number of rotatable bonds is 4. The van der Waals surface area contributed by atoms with Gasteiger partial charge in [0.1, 0.15) is 0 Å². The molecule has 1 saturated heterocycles. The summed E-state index contributed by atoms with van der Waals surface area (Å²) in [5.74, 6) is 1.38. The smallest absolute Gasteiger partial charge is 0.230 e. The van der Waals surface area contributed by atoms with Crippen LogP contribution in [0, 0.1) is 17.3 Å². The van der Waals surface area contributed by atoms with Gasteiger partial charge in [0.15, 0.2) is 0 Å². The van der Waals surface area contributed by atoms with Crippen LogP contribution in [-0.2, 0) is 4.79 Å².